The van der Waals surface area contributed by atoms with Crippen LogP contribution in [0.2, 0.25) is 0 Å². The van der Waals surface area contributed by atoms with Gasteiger partial charge in [0.05, 0.1) is 24.9 Å². The van der Waals surface area contributed by atoms with Crippen LogP contribution in [-0.2, 0) is 20.7 Å². The zero-order chi connectivity index (χ0) is 15.6. The van der Waals surface area contributed by atoms with Gasteiger partial charge in [0.15, 0.2) is 0 Å². The molecule has 2 atom stereocenters. The van der Waals surface area contributed by atoms with Gasteiger partial charge in [-0.25, -0.2) is 0 Å². The zero-order valence-corrected chi connectivity index (χ0v) is 12.4. The van der Waals surface area contributed by atoms with Gasteiger partial charge in [-0.2, -0.15) is 0 Å². The third-order valence-electron chi connectivity index (χ3n) is 4.06. The lowest BCUT2D eigenvalue weighted by molar-refractivity contribution is -0.149. The SMILES string of the molecule is Cc1noc(C)c1CCC(=O)NC1COCC1(C)C(=O)O. The van der Waals surface area contributed by atoms with Gasteiger partial charge < -0.3 is 19.7 Å². The van der Waals surface area contributed by atoms with Crippen molar-refractivity contribution >= 4 is 11.9 Å². The fourth-order valence-corrected chi connectivity index (χ4v) is 2.45. The van der Waals surface area contributed by atoms with E-state index in [0.717, 1.165) is 11.3 Å². The first-order chi connectivity index (χ1) is 9.84. The van der Waals surface area contributed by atoms with Crippen LogP contribution >= 0.6 is 0 Å². The van der Waals surface area contributed by atoms with Crippen molar-refractivity contribution in [2.75, 3.05) is 13.2 Å². The van der Waals surface area contributed by atoms with Crippen LogP contribution in [0, 0.1) is 19.3 Å². The summed E-state index contributed by atoms with van der Waals surface area (Å²) in [6.45, 7) is 5.55. The number of amides is 1. The highest BCUT2D eigenvalue weighted by atomic mass is 16.5. The van der Waals surface area contributed by atoms with Crippen LogP contribution in [-0.4, -0.2) is 41.4 Å². The summed E-state index contributed by atoms with van der Waals surface area (Å²) in [5, 5.41) is 15.9. The first-order valence-corrected chi connectivity index (χ1v) is 6.87. The third-order valence-corrected chi connectivity index (χ3v) is 4.06. The molecule has 1 aromatic rings. The fourth-order valence-electron chi connectivity index (χ4n) is 2.45. The number of ether oxygens (including phenoxy) is 1. The fraction of sp³-hybridized carbons (Fsp3) is 0.643. The van der Waals surface area contributed by atoms with Gasteiger partial charge >= 0.3 is 5.97 Å². The summed E-state index contributed by atoms with van der Waals surface area (Å²) in [4.78, 5) is 23.3. The van der Waals surface area contributed by atoms with Crippen LogP contribution in [0.1, 0.15) is 30.4 Å². The van der Waals surface area contributed by atoms with E-state index < -0.39 is 17.4 Å². The average Bonchev–Trinajstić information content (AvgIpc) is 2.93. The molecular formula is C14H20N2O5. The molecule has 0 bridgehead atoms. The van der Waals surface area contributed by atoms with Crippen LogP contribution in [0.15, 0.2) is 4.52 Å². The Hall–Kier alpha value is -1.89. The second-order valence-corrected chi connectivity index (χ2v) is 5.66. The Morgan fingerprint density at radius 3 is 2.76 bits per heavy atom. The van der Waals surface area contributed by atoms with Gasteiger partial charge in [-0.3, -0.25) is 9.59 Å². The summed E-state index contributed by atoms with van der Waals surface area (Å²) >= 11 is 0. The van der Waals surface area contributed by atoms with Crippen LogP contribution in [0.4, 0.5) is 0 Å². The first-order valence-electron chi connectivity index (χ1n) is 6.87. The predicted molar refractivity (Wildman–Crippen MR) is 72.8 cm³/mol. The number of hydrogen-bond acceptors (Lipinski definition) is 5. The summed E-state index contributed by atoms with van der Waals surface area (Å²) in [5.41, 5.74) is 0.632. The van der Waals surface area contributed by atoms with Crippen molar-refractivity contribution < 1.29 is 24.0 Å². The van der Waals surface area contributed by atoms with Gasteiger partial charge in [-0.05, 0) is 27.2 Å². The maximum absolute atomic E-state index is 12.0. The minimum atomic E-state index is -1.07. The highest BCUT2D eigenvalue weighted by molar-refractivity contribution is 5.80. The van der Waals surface area contributed by atoms with Crippen LogP contribution < -0.4 is 5.32 Å². The molecule has 2 unspecified atom stereocenters. The van der Waals surface area contributed by atoms with Crippen LogP contribution in [0.25, 0.3) is 0 Å². The van der Waals surface area contributed by atoms with E-state index in [1.165, 1.54) is 0 Å². The zero-order valence-electron chi connectivity index (χ0n) is 12.4. The minimum absolute atomic E-state index is 0.108. The highest BCUT2D eigenvalue weighted by Crippen LogP contribution is 2.28. The summed E-state index contributed by atoms with van der Waals surface area (Å²) in [6, 6.07) is -0.507. The molecule has 1 amide bonds. The molecule has 7 heteroatoms. The smallest absolute Gasteiger partial charge is 0.313 e. The molecule has 1 aromatic heterocycles. The second kappa shape index (κ2) is 5.85. The number of carbonyl (C=O) groups is 2. The molecule has 7 nitrogen and oxygen atoms in total. The van der Waals surface area contributed by atoms with Gasteiger partial charge in [-0.15, -0.1) is 0 Å². The number of nitrogens with one attached hydrogen (secondary N) is 1. The number of aromatic nitrogens is 1. The van der Waals surface area contributed by atoms with Crippen LogP contribution in [0.3, 0.4) is 0 Å². The molecule has 0 radical (unpaired) electrons. The molecular weight excluding hydrogens is 276 g/mol. The molecule has 2 heterocycles. The number of aliphatic carboxylic acids is 1. The van der Waals surface area contributed by atoms with E-state index in [2.05, 4.69) is 10.5 Å². The Morgan fingerprint density at radius 2 is 2.19 bits per heavy atom. The van der Waals surface area contributed by atoms with E-state index in [4.69, 9.17) is 9.26 Å². The van der Waals surface area contributed by atoms with Gasteiger partial charge in [0, 0.05) is 12.0 Å². The Bertz CT molecular complexity index is 534. The van der Waals surface area contributed by atoms with Gasteiger partial charge in [0.2, 0.25) is 5.91 Å². The molecule has 0 saturated carbocycles. The molecule has 21 heavy (non-hydrogen) atoms. The minimum Gasteiger partial charge on any atom is -0.481 e. The van der Waals surface area contributed by atoms with Crippen molar-refractivity contribution in [2.24, 2.45) is 5.41 Å². The number of carboxylic acid groups (broad SMARTS) is 1. The number of carboxylic acids is 1. The largest absolute Gasteiger partial charge is 0.481 e. The van der Waals surface area contributed by atoms with Gasteiger partial charge in [0.25, 0.3) is 0 Å². The summed E-state index contributed by atoms with van der Waals surface area (Å²) in [7, 11) is 0. The number of aryl methyl sites for hydroxylation is 2. The van der Waals surface area contributed by atoms with E-state index in [1.54, 1.807) is 13.8 Å². The van der Waals surface area contributed by atoms with Gasteiger partial charge in [0.1, 0.15) is 11.2 Å². The molecule has 1 aliphatic rings. The van der Waals surface area contributed by atoms with E-state index in [-0.39, 0.29) is 25.5 Å². The number of hydrogen-bond donors (Lipinski definition) is 2. The number of carbonyl (C=O) groups excluding carboxylic acids is 1. The van der Waals surface area contributed by atoms with Crippen molar-refractivity contribution in [1.82, 2.24) is 10.5 Å². The van der Waals surface area contributed by atoms with E-state index in [0.29, 0.717) is 12.2 Å². The van der Waals surface area contributed by atoms with Gasteiger partial charge in [-0.1, -0.05) is 5.16 Å². The maximum Gasteiger partial charge on any atom is 0.313 e. The normalized spacial score (nSPS) is 25.0. The monoisotopic (exact) mass is 296 g/mol. The molecule has 116 valence electrons. The van der Waals surface area contributed by atoms with Crippen molar-refractivity contribution in [3.63, 3.8) is 0 Å². The van der Waals surface area contributed by atoms with Crippen molar-refractivity contribution in [3.05, 3.63) is 17.0 Å². The Kier molecular flexibility index (Phi) is 4.32. The number of nitrogens with zero attached hydrogens (tertiary/aromatic N) is 1. The molecule has 0 aliphatic carbocycles. The molecule has 1 aliphatic heterocycles. The molecule has 1 fully saturated rings. The van der Waals surface area contributed by atoms with Crippen molar-refractivity contribution in [3.8, 4) is 0 Å². The lowest BCUT2D eigenvalue weighted by Crippen LogP contribution is -2.49. The first kappa shape index (κ1) is 15.5. The molecule has 2 rings (SSSR count). The molecule has 2 N–H and O–H groups in total. The van der Waals surface area contributed by atoms with E-state index in [1.807, 2.05) is 6.92 Å². The summed E-state index contributed by atoms with van der Waals surface area (Å²) in [5.74, 6) is -0.450. The molecule has 0 spiro atoms. The quantitative estimate of drug-likeness (QED) is 0.834. The summed E-state index contributed by atoms with van der Waals surface area (Å²) < 4.78 is 10.2. The van der Waals surface area contributed by atoms with E-state index in [9.17, 15) is 14.7 Å². The maximum atomic E-state index is 12.0. The van der Waals surface area contributed by atoms with Crippen molar-refractivity contribution in [1.29, 1.82) is 0 Å². The third kappa shape index (κ3) is 3.07. The predicted octanol–water partition coefficient (Wildman–Crippen LogP) is 0.830. The summed E-state index contributed by atoms with van der Waals surface area (Å²) in [6.07, 6.45) is 0.777. The topological polar surface area (TPSA) is 102 Å². The average molecular weight is 296 g/mol. The second-order valence-electron chi connectivity index (χ2n) is 5.66. The molecule has 1 saturated heterocycles. The lowest BCUT2D eigenvalue weighted by atomic mass is 9.85. The number of rotatable bonds is 5. The Labute approximate surface area is 122 Å². The lowest BCUT2D eigenvalue weighted by Gasteiger charge is -2.25. The Balaban J connectivity index is 1.92. The highest BCUT2D eigenvalue weighted by Gasteiger charge is 2.47. The van der Waals surface area contributed by atoms with E-state index >= 15 is 0 Å². The van der Waals surface area contributed by atoms with Crippen LogP contribution in [0.5, 0.6) is 0 Å². The standard InChI is InChI=1S/C14H20N2O5/c1-8-10(9(2)21-16-8)4-5-12(17)15-11-6-20-7-14(11,3)13(18)19/h11H,4-7H2,1-3H3,(H,15,17)(H,18,19). The van der Waals surface area contributed by atoms with Crippen molar-refractivity contribution in [2.45, 2.75) is 39.7 Å². The Morgan fingerprint density at radius 1 is 1.48 bits per heavy atom. The molecule has 0 aromatic carbocycles.